The normalized spacial score (nSPS) is 14.7. The van der Waals surface area contributed by atoms with Crippen molar-refractivity contribution in [1.82, 2.24) is 15.1 Å². The van der Waals surface area contributed by atoms with Crippen LogP contribution in [0.15, 0.2) is 94.4 Å². The van der Waals surface area contributed by atoms with Gasteiger partial charge in [0.2, 0.25) is 15.2 Å². The molecule has 2 heterocycles. The predicted octanol–water partition coefficient (Wildman–Crippen LogP) is 3.26. The van der Waals surface area contributed by atoms with Crippen LogP contribution in [-0.2, 0) is 14.6 Å². The Bertz CT molecular complexity index is 1620. The van der Waals surface area contributed by atoms with E-state index in [2.05, 4.69) is 5.32 Å². The van der Waals surface area contributed by atoms with E-state index in [4.69, 9.17) is 4.42 Å². The highest BCUT2D eigenvalue weighted by molar-refractivity contribution is 7.92. The Morgan fingerprint density at radius 1 is 0.821 bits per heavy atom. The van der Waals surface area contributed by atoms with Gasteiger partial charge in [-0.2, -0.15) is 0 Å². The Hall–Kier alpha value is -4.44. The van der Waals surface area contributed by atoms with Crippen LogP contribution in [0.5, 0.6) is 0 Å². The van der Waals surface area contributed by atoms with E-state index in [9.17, 15) is 22.8 Å². The van der Waals surface area contributed by atoms with Gasteiger partial charge in [0.05, 0.1) is 11.2 Å². The first-order valence-electron chi connectivity index (χ1n) is 12.5. The highest BCUT2D eigenvalue weighted by Gasteiger charge is 2.40. The molecule has 0 radical (unpaired) electrons. The Labute approximate surface area is 225 Å². The number of carbonyl (C=O) groups is 3. The van der Waals surface area contributed by atoms with E-state index in [0.29, 0.717) is 5.56 Å². The van der Waals surface area contributed by atoms with Crippen molar-refractivity contribution in [3.05, 3.63) is 102 Å². The van der Waals surface area contributed by atoms with Gasteiger partial charge in [-0.1, -0.05) is 54.1 Å². The third kappa shape index (κ3) is 5.28. The van der Waals surface area contributed by atoms with Gasteiger partial charge in [0.15, 0.2) is 5.76 Å². The van der Waals surface area contributed by atoms with Crippen LogP contribution in [0.4, 0.5) is 0 Å². The quantitative estimate of drug-likeness (QED) is 0.398. The molecule has 1 atom stereocenters. The Kier molecular flexibility index (Phi) is 7.21. The largest absolute Gasteiger partial charge is 0.459 e. The molecule has 5 rings (SSSR count). The number of carbonyl (C=O) groups excluding carboxylic acids is 3. The monoisotopic (exact) mass is 545 g/mol. The van der Waals surface area contributed by atoms with Crippen molar-refractivity contribution in [2.24, 2.45) is 0 Å². The standard InChI is InChI=1S/C29H27N3O6S/c1-20-11-13-22(14-12-20)39(36,37)27(30-26(33)25-10-5-19-38-25)29(35)32-17-15-31(16-18-32)28(34)24-9-4-7-21-6-2-3-8-23(21)24/h2-14,19,27H,15-18H2,1H3,(H,30,33)/t27-/m1/s1. The number of rotatable bonds is 6. The average Bonchev–Trinajstić information content (AvgIpc) is 3.50. The zero-order valence-electron chi connectivity index (χ0n) is 21.2. The van der Waals surface area contributed by atoms with Crippen LogP contribution < -0.4 is 5.32 Å². The molecule has 1 aliphatic heterocycles. The van der Waals surface area contributed by atoms with Gasteiger partial charge in [-0.3, -0.25) is 14.4 Å². The molecule has 39 heavy (non-hydrogen) atoms. The molecule has 1 N–H and O–H groups in total. The molecule has 0 unspecified atom stereocenters. The van der Waals surface area contributed by atoms with E-state index in [1.807, 2.05) is 43.3 Å². The molecule has 10 heteroatoms. The molecule has 0 saturated carbocycles. The molecule has 3 amide bonds. The van der Waals surface area contributed by atoms with Crippen LogP contribution >= 0.6 is 0 Å². The average molecular weight is 546 g/mol. The summed E-state index contributed by atoms with van der Waals surface area (Å²) in [6, 6.07) is 22.1. The van der Waals surface area contributed by atoms with Crippen molar-refractivity contribution >= 4 is 38.3 Å². The van der Waals surface area contributed by atoms with E-state index >= 15 is 0 Å². The number of piperazine rings is 1. The van der Waals surface area contributed by atoms with E-state index in [1.54, 1.807) is 23.1 Å². The second kappa shape index (κ2) is 10.7. The number of hydrogen-bond donors (Lipinski definition) is 1. The minimum Gasteiger partial charge on any atom is -0.459 e. The SMILES string of the molecule is Cc1ccc(S(=O)(=O)[C@@H](NC(=O)c2ccco2)C(=O)N2CCN(C(=O)c3cccc4ccccc34)CC2)cc1. The molecule has 1 saturated heterocycles. The molecule has 3 aromatic carbocycles. The van der Waals surface area contributed by atoms with Crippen LogP contribution in [0.1, 0.15) is 26.5 Å². The van der Waals surface area contributed by atoms with Gasteiger partial charge in [0, 0.05) is 31.7 Å². The summed E-state index contributed by atoms with van der Waals surface area (Å²) in [6.07, 6.45) is 1.28. The molecular weight excluding hydrogens is 518 g/mol. The van der Waals surface area contributed by atoms with Crippen molar-refractivity contribution in [2.45, 2.75) is 17.2 Å². The van der Waals surface area contributed by atoms with Crippen molar-refractivity contribution < 1.29 is 27.2 Å². The molecule has 9 nitrogen and oxygen atoms in total. The van der Waals surface area contributed by atoms with Gasteiger partial charge in [0.1, 0.15) is 0 Å². The van der Waals surface area contributed by atoms with Gasteiger partial charge in [-0.05, 0) is 48.0 Å². The van der Waals surface area contributed by atoms with Gasteiger partial charge in [-0.15, -0.1) is 0 Å². The summed E-state index contributed by atoms with van der Waals surface area (Å²) in [4.78, 5) is 42.6. The van der Waals surface area contributed by atoms with Crippen LogP contribution in [0, 0.1) is 6.92 Å². The fourth-order valence-electron chi connectivity index (χ4n) is 4.61. The molecule has 0 bridgehead atoms. The number of sulfone groups is 1. The molecule has 4 aromatic rings. The van der Waals surface area contributed by atoms with E-state index < -0.39 is 27.0 Å². The van der Waals surface area contributed by atoms with Crippen LogP contribution in [0.25, 0.3) is 10.8 Å². The number of nitrogens with one attached hydrogen (secondary N) is 1. The van der Waals surface area contributed by atoms with Gasteiger partial charge in [0.25, 0.3) is 17.7 Å². The maximum absolute atomic E-state index is 13.6. The van der Waals surface area contributed by atoms with Gasteiger partial charge >= 0.3 is 0 Å². The summed E-state index contributed by atoms with van der Waals surface area (Å²) in [7, 11) is -4.30. The van der Waals surface area contributed by atoms with Crippen LogP contribution in [-0.4, -0.2) is 67.5 Å². The second-order valence-corrected chi connectivity index (χ2v) is 11.4. The van der Waals surface area contributed by atoms with Crippen molar-refractivity contribution in [3.8, 4) is 0 Å². The zero-order chi connectivity index (χ0) is 27.6. The summed E-state index contributed by atoms with van der Waals surface area (Å²) in [5.41, 5.74) is 1.42. The third-order valence-corrected chi connectivity index (χ3v) is 8.66. The second-order valence-electron chi connectivity index (χ2n) is 9.33. The number of nitrogens with zero attached hydrogens (tertiary/aromatic N) is 2. The first-order valence-corrected chi connectivity index (χ1v) is 14.0. The fourth-order valence-corrected chi connectivity index (χ4v) is 6.08. The first kappa shape index (κ1) is 26.2. The summed E-state index contributed by atoms with van der Waals surface area (Å²) in [5.74, 6) is -1.86. The first-order chi connectivity index (χ1) is 18.8. The molecule has 0 spiro atoms. The van der Waals surface area contributed by atoms with E-state index in [1.165, 1.54) is 35.4 Å². The van der Waals surface area contributed by atoms with Crippen molar-refractivity contribution in [2.75, 3.05) is 26.2 Å². The number of aryl methyl sites for hydroxylation is 1. The number of benzene rings is 3. The summed E-state index contributed by atoms with van der Waals surface area (Å²) in [5, 5.41) is 2.29. The maximum Gasteiger partial charge on any atom is 0.288 e. The molecule has 1 aliphatic rings. The van der Waals surface area contributed by atoms with Crippen LogP contribution in [0.2, 0.25) is 0 Å². The fraction of sp³-hybridized carbons (Fsp3) is 0.207. The van der Waals surface area contributed by atoms with E-state index in [-0.39, 0.29) is 42.7 Å². The minimum atomic E-state index is -4.30. The lowest BCUT2D eigenvalue weighted by atomic mass is 10.0. The lowest BCUT2D eigenvalue weighted by molar-refractivity contribution is -0.132. The third-order valence-electron chi connectivity index (χ3n) is 6.79. The number of amides is 3. The van der Waals surface area contributed by atoms with Crippen molar-refractivity contribution in [3.63, 3.8) is 0 Å². The van der Waals surface area contributed by atoms with Gasteiger partial charge in [-0.25, -0.2) is 8.42 Å². The summed E-state index contributed by atoms with van der Waals surface area (Å²) >= 11 is 0. The molecule has 1 aromatic heterocycles. The van der Waals surface area contributed by atoms with Crippen molar-refractivity contribution in [1.29, 1.82) is 0 Å². The molecular formula is C29H27N3O6S. The highest BCUT2D eigenvalue weighted by Crippen LogP contribution is 2.22. The molecule has 200 valence electrons. The Balaban J connectivity index is 1.35. The Morgan fingerprint density at radius 3 is 2.18 bits per heavy atom. The maximum atomic E-state index is 13.6. The summed E-state index contributed by atoms with van der Waals surface area (Å²) in [6.45, 7) is 2.49. The molecule has 1 fully saturated rings. The van der Waals surface area contributed by atoms with Crippen LogP contribution in [0.3, 0.4) is 0 Å². The smallest absolute Gasteiger partial charge is 0.288 e. The number of fused-ring (bicyclic) bond motifs is 1. The minimum absolute atomic E-state index is 0.0871. The highest BCUT2D eigenvalue weighted by atomic mass is 32.2. The predicted molar refractivity (Wildman–Crippen MR) is 145 cm³/mol. The Morgan fingerprint density at radius 2 is 1.49 bits per heavy atom. The van der Waals surface area contributed by atoms with E-state index in [0.717, 1.165) is 16.3 Å². The van der Waals surface area contributed by atoms with Gasteiger partial charge < -0.3 is 19.5 Å². The zero-order valence-corrected chi connectivity index (χ0v) is 22.1. The topological polar surface area (TPSA) is 117 Å². The molecule has 0 aliphatic carbocycles. The number of hydrogen-bond acceptors (Lipinski definition) is 6. The summed E-state index contributed by atoms with van der Waals surface area (Å²) < 4.78 is 32.2. The number of furan rings is 1. The lowest BCUT2D eigenvalue weighted by Gasteiger charge is -2.36. The lowest BCUT2D eigenvalue weighted by Crippen LogP contribution is -2.57.